The van der Waals surface area contributed by atoms with Crippen molar-refractivity contribution in [2.75, 3.05) is 13.2 Å². The molecule has 0 aromatic heterocycles. The van der Waals surface area contributed by atoms with E-state index in [4.69, 9.17) is 4.84 Å². The van der Waals surface area contributed by atoms with Gasteiger partial charge in [0, 0.05) is 0 Å². The summed E-state index contributed by atoms with van der Waals surface area (Å²) in [5, 5.41) is 0. The van der Waals surface area contributed by atoms with Gasteiger partial charge in [0.1, 0.15) is 6.61 Å². The Morgan fingerprint density at radius 2 is 1.48 bits per heavy atom. The normalized spacial score (nSPS) is 11.9. The van der Waals surface area contributed by atoms with Crippen molar-refractivity contribution in [3.8, 4) is 0 Å². The van der Waals surface area contributed by atoms with Crippen molar-refractivity contribution in [1.29, 1.82) is 0 Å². The summed E-state index contributed by atoms with van der Waals surface area (Å²) >= 11 is 0. The van der Waals surface area contributed by atoms with Crippen molar-refractivity contribution in [1.82, 2.24) is 5.48 Å². The second-order valence-electron chi connectivity index (χ2n) is 6.02. The molecule has 0 aliphatic heterocycles. The monoisotopic (exact) mass is 419 g/mol. The van der Waals surface area contributed by atoms with E-state index in [1.165, 1.54) is 11.1 Å². The third kappa shape index (κ3) is 24.7. The maximum atomic E-state index is 11.1. The first-order valence-electron chi connectivity index (χ1n) is 8.12. The number of nitrogens with one attached hydrogen (secondary N) is 1. The molecule has 7 nitrogen and oxygen atoms in total. The number of amides is 1. The van der Waals surface area contributed by atoms with Crippen molar-refractivity contribution in [3.63, 3.8) is 0 Å². The van der Waals surface area contributed by atoms with Crippen molar-refractivity contribution in [2.45, 2.75) is 53.4 Å². The fourth-order valence-electron chi connectivity index (χ4n) is 1.81. The Hall–Kier alpha value is 0.760. The molecule has 0 heterocycles. The molecule has 0 saturated heterocycles. The first kappa shape index (κ1) is 32.4. The average Bonchev–Trinajstić information content (AvgIpc) is 2.48. The number of hydrogen-bond donors (Lipinski definition) is 1. The minimum absolute atomic E-state index is 0. The maximum absolute atomic E-state index is 11.1. The molecule has 0 fully saturated rings. The van der Waals surface area contributed by atoms with E-state index in [1.54, 1.807) is 0 Å². The summed E-state index contributed by atoms with van der Waals surface area (Å²) in [5.41, 5.74) is 5.80. The zero-order valence-corrected chi connectivity index (χ0v) is 22.3. The molecule has 0 atom stereocenters. The maximum Gasteiger partial charge on any atom is 1.00 e. The first-order chi connectivity index (χ1) is 11.6. The first-order valence-corrected chi connectivity index (χ1v) is 9.58. The minimum Gasteiger partial charge on any atom is -0.790 e. The van der Waals surface area contributed by atoms with E-state index >= 15 is 0 Å². The zero-order valence-electron chi connectivity index (χ0n) is 17.4. The molecular weight excluding hydrogens is 391 g/mol. The number of phosphoric acid groups is 1. The smallest absolute Gasteiger partial charge is 0.790 e. The quantitative estimate of drug-likeness (QED) is 0.115. The second kappa shape index (κ2) is 18.8. The summed E-state index contributed by atoms with van der Waals surface area (Å²) in [6, 6.07) is 0. The summed E-state index contributed by atoms with van der Waals surface area (Å²) < 4.78 is 14.0. The van der Waals surface area contributed by atoms with Crippen LogP contribution in [0.1, 0.15) is 53.4 Å². The van der Waals surface area contributed by atoms with Crippen LogP contribution in [0.15, 0.2) is 34.9 Å². The molecule has 0 unspecified atom stereocenters. The van der Waals surface area contributed by atoms with Crippen LogP contribution in [0.3, 0.4) is 0 Å². The number of carbonyl (C=O) groups is 1. The Labute approximate surface area is 206 Å². The molecular formula is C17H28NNa2O6P. The largest absolute Gasteiger partial charge is 1.00 e. The van der Waals surface area contributed by atoms with Crippen LogP contribution >= 0.6 is 7.82 Å². The molecule has 0 aromatic rings. The van der Waals surface area contributed by atoms with Gasteiger partial charge in [-0.05, 0) is 53.4 Å². The third-order valence-corrected chi connectivity index (χ3v) is 3.62. The molecule has 1 N–H and O–H groups in total. The average molecular weight is 419 g/mol. The summed E-state index contributed by atoms with van der Waals surface area (Å²) in [6.07, 6.45) is 10.2. The molecule has 144 valence electrons. The zero-order chi connectivity index (χ0) is 19.3. The summed E-state index contributed by atoms with van der Waals surface area (Å²) in [6.45, 7) is 7.54. The van der Waals surface area contributed by atoms with Gasteiger partial charge in [-0.3, -0.25) is 9.63 Å². The van der Waals surface area contributed by atoms with Crippen LogP contribution in [0, 0.1) is 0 Å². The number of allylic oxidation sites excluding steroid dienone is 5. The van der Waals surface area contributed by atoms with E-state index in [-0.39, 0.29) is 65.7 Å². The Balaban J connectivity index is -0.00000288. The van der Waals surface area contributed by atoms with Gasteiger partial charge in [-0.25, -0.2) is 5.48 Å². The van der Waals surface area contributed by atoms with Crippen molar-refractivity contribution in [2.24, 2.45) is 0 Å². The topological polar surface area (TPSA) is 111 Å². The van der Waals surface area contributed by atoms with E-state index in [0.717, 1.165) is 31.3 Å². The van der Waals surface area contributed by atoms with Crippen LogP contribution in [-0.2, 0) is 18.7 Å². The number of phosphoric ester groups is 1. The van der Waals surface area contributed by atoms with Crippen molar-refractivity contribution >= 4 is 13.7 Å². The fraction of sp³-hybridized carbons (Fsp3) is 0.588. The van der Waals surface area contributed by atoms with Gasteiger partial charge in [0.15, 0.2) is 0 Å². The number of hydrogen-bond acceptors (Lipinski definition) is 6. The van der Waals surface area contributed by atoms with Gasteiger partial charge in [0.05, 0.1) is 14.4 Å². The van der Waals surface area contributed by atoms with Gasteiger partial charge in [-0.15, -0.1) is 0 Å². The fourth-order valence-corrected chi connectivity index (χ4v) is 2.09. The predicted molar refractivity (Wildman–Crippen MR) is 93.1 cm³/mol. The van der Waals surface area contributed by atoms with Gasteiger partial charge < -0.3 is 18.9 Å². The van der Waals surface area contributed by atoms with Gasteiger partial charge in [0.2, 0.25) is 0 Å². The Morgan fingerprint density at radius 3 is 2.00 bits per heavy atom. The van der Waals surface area contributed by atoms with Crippen molar-refractivity contribution in [3.05, 3.63) is 34.9 Å². The second-order valence-corrected chi connectivity index (χ2v) is 7.17. The number of hydroxylamine groups is 1. The van der Waals surface area contributed by atoms with Crippen LogP contribution in [0.5, 0.6) is 0 Å². The van der Waals surface area contributed by atoms with Gasteiger partial charge >= 0.3 is 59.1 Å². The molecule has 0 saturated carbocycles. The SMILES string of the molecule is CC(C)=CCC/C(C)=C/CC/C(C)=C/CONC(=O)COP(=O)([O-])[O-].[Na+].[Na+]. The van der Waals surface area contributed by atoms with E-state index in [9.17, 15) is 19.1 Å². The van der Waals surface area contributed by atoms with Gasteiger partial charge in [0.25, 0.3) is 5.91 Å². The molecule has 0 aliphatic carbocycles. The molecule has 0 aliphatic rings. The number of carbonyl (C=O) groups excluding carboxylic acids is 1. The van der Waals surface area contributed by atoms with Crippen LogP contribution < -0.4 is 74.4 Å². The molecule has 10 heteroatoms. The van der Waals surface area contributed by atoms with Crippen molar-refractivity contribution < 1.29 is 87.6 Å². The number of rotatable bonds is 12. The Bertz CT molecular complexity index is 554. The summed E-state index contributed by atoms with van der Waals surface area (Å²) in [5.74, 6) is -0.840. The predicted octanol–water partition coefficient (Wildman–Crippen LogP) is -3.69. The van der Waals surface area contributed by atoms with Crippen LogP contribution in [-0.4, -0.2) is 19.1 Å². The van der Waals surface area contributed by atoms with E-state index in [0.29, 0.717) is 0 Å². The molecule has 0 rings (SSSR count). The third-order valence-electron chi connectivity index (χ3n) is 3.18. The van der Waals surface area contributed by atoms with E-state index < -0.39 is 20.3 Å². The van der Waals surface area contributed by atoms with Gasteiger partial charge in [-0.2, -0.15) is 0 Å². The molecule has 0 spiro atoms. The minimum atomic E-state index is -5.14. The van der Waals surface area contributed by atoms with Gasteiger partial charge in [-0.1, -0.05) is 34.9 Å². The standard InChI is InChI=1S/C17H30NO6P.2Na/c1-14(2)7-5-8-15(3)9-6-10-16(4)11-12-23-18-17(19)13-24-25(20,21)22;;/h7,9,11H,5-6,8,10,12-13H2,1-4H3,(H,18,19)(H2,20,21,22);;/q;2*+1/p-2/b15-9+,16-11+;;. The van der Waals surface area contributed by atoms with E-state index in [2.05, 4.69) is 37.4 Å². The van der Waals surface area contributed by atoms with E-state index in [1.807, 2.05) is 18.5 Å². The molecule has 0 aromatic carbocycles. The molecule has 1 amide bonds. The van der Waals surface area contributed by atoms with Crippen LogP contribution in [0.2, 0.25) is 0 Å². The summed E-state index contributed by atoms with van der Waals surface area (Å²) in [4.78, 5) is 36.4. The Kier molecular flexibility index (Phi) is 22.5. The molecule has 27 heavy (non-hydrogen) atoms. The molecule has 0 radical (unpaired) electrons. The Morgan fingerprint density at radius 1 is 0.963 bits per heavy atom. The molecule has 0 bridgehead atoms. The summed E-state index contributed by atoms with van der Waals surface area (Å²) in [7, 11) is -5.14. The van der Waals surface area contributed by atoms with Crippen LogP contribution in [0.4, 0.5) is 0 Å². The van der Waals surface area contributed by atoms with Crippen LogP contribution in [0.25, 0.3) is 0 Å².